The second-order valence-electron chi connectivity index (χ2n) is 4.40. The molecule has 0 fully saturated rings. The van der Waals surface area contributed by atoms with Crippen LogP contribution in [0.15, 0.2) is 27.6 Å². The monoisotopic (exact) mass is 331 g/mol. The molecule has 3 N–H and O–H groups in total. The fourth-order valence-electron chi connectivity index (χ4n) is 1.54. The van der Waals surface area contributed by atoms with Crippen LogP contribution in [0, 0.1) is 0 Å². The third kappa shape index (κ3) is 5.00. The molecule has 0 saturated heterocycles. The Morgan fingerprint density at radius 2 is 2.17 bits per heavy atom. The highest BCUT2D eigenvalue weighted by molar-refractivity contribution is 9.10. The van der Waals surface area contributed by atoms with E-state index in [4.69, 9.17) is 10.8 Å². The average Bonchev–Trinajstić information content (AvgIpc) is 2.28. The first-order valence-electron chi connectivity index (χ1n) is 5.83. The van der Waals surface area contributed by atoms with Gasteiger partial charge in [-0.3, -0.25) is 4.79 Å². The van der Waals surface area contributed by atoms with Crippen LogP contribution in [-0.4, -0.2) is 16.3 Å². The molecule has 0 aliphatic heterocycles. The van der Waals surface area contributed by atoms with Crippen LogP contribution in [0.3, 0.4) is 0 Å². The summed E-state index contributed by atoms with van der Waals surface area (Å²) in [7, 11) is 0. The lowest BCUT2D eigenvalue weighted by atomic mass is 10.0. The van der Waals surface area contributed by atoms with Gasteiger partial charge < -0.3 is 10.8 Å². The molecular formula is C13H18BrNO2S. The van der Waals surface area contributed by atoms with E-state index >= 15 is 0 Å². The topological polar surface area (TPSA) is 63.3 Å². The number of carboxylic acid groups (broad SMARTS) is 1. The summed E-state index contributed by atoms with van der Waals surface area (Å²) >= 11 is 5.31. The van der Waals surface area contributed by atoms with Crippen molar-refractivity contribution in [1.82, 2.24) is 0 Å². The van der Waals surface area contributed by atoms with Gasteiger partial charge in [0.25, 0.3) is 0 Å². The number of hydrogen-bond donors (Lipinski definition) is 2. The number of thioether (sulfide) groups is 1. The molecule has 18 heavy (non-hydrogen) atoms. The van der Waals surface area contributed by atoms with Crippen molar-refractivity contribution < 1.29 is 9.90 Å². The quantitative estimate of drug-likeness (QED) is 0.778. The standard InChI is InChI=1S/C13H18BrNO2S/c1-8(2)18-12-5-3-9(7-10(12)14)11(15)4-6-13(16)17/h3,5,7-8,11H,4,6,15H2,1-2H3,(H,16,17). The summed E-state index contributed by atoms with van der Waals surface area (Å²) in [5, 5.41) is 9.16. The minimum atomic E-state index is -0.809. The fourth-order valence-corrected chi connectivity index (χ4v) is 3.05. The molecule has 0 aromatic heterocycles. The summed E-state index contributed by atoms with van der Waals surface area (Å²) in [4.78, 5) is 11.7. The van der Waals surface area contributed by atoms with E-state index in [1.807, 2.05) is 18.2 Å². The van der Waals surface area contributed by atoms with Crippen LogP contribution in [0.4, 0.5) is 0 Å². The van der Waals surface area contributed by atoms with Crippen LogP contribution in [0.1, 0.15) is 38.3 Å². The third-order valence-electron chi connectivity index (χ3n) is 2.42. The zero-order valence-corrected chi connectivity index (χ0v) is 12.9. The Labute approximate surface area is 120 Å². The van der Waals surface area contributed by atoms with Crippen LogP contribution in [-0.2, 0) is 4.79 Å². The maximum absolute atomic E-state index is 10.5. The van der Waals surface area contributed by atoms with Gasteiger partial charge in [-0.25, -0.2) is 0 Å². The Bertz CT molecular complexity index is 423. The van der Waals surface area contributed by atoms with E-state index in [-0.39, 0.29) is 12.5 Å². The number of benzene rings is 1. The number of nitrogens with two attached hydrogens (primary N) is 1. The van der Waals surface area contributed by atoms with Gasteiger partial charge in [0, 0.05) is 27.1 Å². The van der Waals surface area contributed by atoms with Gasteiger partial charge in [-0.05, 0) is 40.0 Å². The maximum Gasteiger partial charge on any atom is 0.303 e. The summed E-state index contributed by atoms with van der Waals surface area (Å²) in [6, 6.07) is 5.76. The van der Waals surface area contributed by atoms with E-state index < -0.39 is 5.97 Å². The van der Waals surface area contributed by atoms with Crippen molar-refractivity contribution in [2.75, 3.05) is 0 Å². The number of halogens is 1. The van der Waals surface area contributed by atoms with Gasteiger partial charge in [0.15, 0.2) is 0 Å². The van der Waals surface area contributed by atoms with E-state index in [1.54, 1.807) is 11.8 Å². The highest BCUT2D eigenvalue weighted by atomic mass is 79.9. The molecule has 1 atom stereocenters. The van der Waals surface area contributed by atoms with Gasteiger partial charge in [-0.2, -0.15) is 0 Å². The zero-order chi connectivity index (χ0) is 13.7. The molecule has 1 unspecified atom stereocenters. The zero-order valence-electron chi connectivity index (χ0n) is 10.5. The van der Waals surface area contributed by atoms with Gasteiger partial charge in [0.05, 0.1) is 0 Å². The number of rotatable bonds is 6. The van der Waals surface area contributed by atoms with Gasteiger partial charge in [-0.15, -0.1) is 11.8 Å². The van der Waals surface area contributed by atoms with Crippen molar-refractivity contribution in [3.05, 3.63) is 28.2 Å². The lowest BCUT2D eigenvalue weighted by molar-refractivity contribution is -0.137. The summed E-state index contributed by atoms with van der Waals surface area (Å²) in [6.45, 7) is 4.28. The van der Waals surface area contributed by atoms with Crippen molar-refractivity contribution >= 4 is 33.7 Å². The predicted octanol–water partition coefficient (Wildman–Crippen LogP) is 3.81. The van der Waals surface area contributed by atoms with Crippen molar-refractivity contribution in [3.8, 4) is 0 Å². The molecule has 0 aliphatic carbocycles. The molecule has 5 heteroatoms. The Balaban J connectivity index is 2.73. The van der Waals surface area contributed by atoms with Gasteiger partial charge in [0.1, 0.15) is 0 Å². The lowest BCUT2D eigenvalue weighted by Gasteiger charge is -2.13. The molecule has 0 bridgehead atoms. The highest BCUT2D eigenvalue weighted by Crippen LogP contribution is 2.32. The molecule has 0 amide bonds. The van der Waals surface area contributed by atoms with Crippen LogP contribution in [0.25, 0.3) is 0 Å². The van der Waals surface area contributed by atoms with E-state index in [1.165, 1.54) is 4.90 Å². The van der Waals surface area contributed by atoms with Gasteiger partial charge in [-0.1, -0.05) is 19.9 Å². The minimum absolute atomic E-state index is 0.0985. The number of carbonyl (C=O) groups is 1. The SMILES string of the molecule is CC(C)Sc1ccc(C(N)CCC(=O)O)cc1Br. The first-order chi connectivity index (χ1) is 8.40. The molecule has 0 saturated carbocycles. The molecule has 1 aromatic carbocycles. The van der Waals surface area contributed by atoms with Crippen molar-refractivity contribution in [3.63, 3.8) is 0 Å². The molecule has 1 aromatic rings. The summed E-state index contributed by atoms with van der Waals surface area (Å²) in [5.74, 6) is -0.809. The van der Waals surface area contributed by atoms with Crippen molar-refractivity contribution in [2.24, 2.45) is 5.73 Å². The van der Waals surface area contributed by atoms with Crippen molar-refractivity contribution in [1.29, 1.82) is 0 Å². The smallest absolute Gasteiger partial charge is 0.303 e. The molecular weight excluding hydrogens is 314 g/mol. The fraction of sp³-hybridized carbons (Fsp3) is 0.462. The lowest BCUT2D eigenvalue weighted by Crippen LogP contribution is -2.12. The first kappa shape index (κ1) is 15.5. The molecule has 1 rings (SSSR count). The second-order valence-corrected chi connectivity index (χ2v) is 6.87. The largest absolute Gasteiger partial charge is 0.481 e. The van der Waals surface area contributed by atoms with Crippen molar-refractivity contribution in [2.45, 2.75) is 42.9 Å². The minimum Gasteiger partial charge on any atom is -0.481 e. The Morgan fingerprint density at radius 1 is 1.50 bits per heavy atom. The normalized spacial score (nSPS) is 12.7. The molecule has 3 nitrogen and oxygen atoms in total. The molecule has 0 radical (unpaired) electrons. The summed E-state index contributed by atoms with van der Waals surface area (Å²) < 4.78 is 1.02. The van der Waals surface area contributed by atoms with E-state index in [9.17, 15) is 4.79 Å². The van der Waals surface area contributed by atoms with Crippen LogP contribution < -0.4 is 5.73 Å². The third-order valence-corrected chi connectivity index (χ3v) is 4.42. The van der Waals surface area contributed by atoms with Crippen LogP contribution in [0.5, 0.6) is 0 Å². The first-order valence-corrected chi connectivity index (χ1v) is 7.51. The van der Waals surface area contributed by atoms with E-state index in [0.29, 0.717) is 11.7 Å². The Hall–Kier alpha value is -0.520. The molecule has 0 spiro atoms. The molecule has 0 aliphatic rings. The second kappa shape index (κ2) is 7.16. The molecule has 0 heterocycles. The van der Waals surface area contributed by atoms with E-state index in [2.05, 4.69) is 29.8 Å². The summed E-state index contributed by atoms with van der Waals surface area (Å²) in [5.41, 5.74) is 6.94. The van der Waals surface area contributed by atoms with Gasteiger partial charge in [0.2, 0.25) is 0 Å². The number of aliphatic carboxylic acids is 1. The predicted molar refractivity (Wildman–Crippen MR) is 78.9 cm³/mol. The van der Waals surface area contributed by atoms with Gasteiger partial charge >= 0.3 is 5.97 Å². The molecule has 100 valence electrons. The van der Waals surface area contributed by atoms with E-state index in [0.717, 1.165) is 10.0 Å². The summed E-state index contributed by atoms with van der Waals surface area (Å²) in [6.07, 6.45) is 0.555. The van der Waals surface area contributed by atoms with Crippen LogP contribution >= 0.6 is 27.7 Å². The number of carboxylic acids is 1. The maximum atomic E-state index is 10.5. The number of hydrogen-bond acceptors (Lipinski definition) is 3. The Kier molecular flexibility index (Phi) is 6.18. The van der Waals surface area contributed by atoms with Crippen LogP contribution in [0.2, 0.25) is 0 Å². The average molecular weight is 332 g/mol. The Morgan fingerprint density at radius 3 is 2.67 bits per heavy atom. The highest BCUT2D eigenvalue weighted by Gasteiger charge is 2.11.